The molecule has 1 aliphatic rings. The molecule has 7 nitrogen and oxygen atoms in total. The second kappa shape index (κ2) is 12.9. The molecule has 0 bridgehead atoms. The number of piperidine rings is 1. The Balaban J connectivity index is 1.36. The monoisotopic (exact) mass is 439 g/mol. The minimum absolute atomic E-state index is 0.455. The van der Waals surface area contributed by atoms with Crippen LogP contribution in [0.15, 0.2) is 47.6 Å². The molecular weight excluding hydrogens is 402 g/mol. The van der Waals surface area contributed by atoms with Crippen molar-refractivity contribution in [2.45, 2.75) is 45.2 Å². The number of hydrogen-bond acceptors (Lipinski definition) is 5. The number of methoxy groups -OCH3 is 1. The Hall–Kier alpha value is -2.80. The highest BCUT2D eigenvalue weighted by Crippen LogP contribution is 2.28. The number of likely N-dealkylation sites (tertiary alicyclic amines) is 1. The highest BCUT2D eigenvalue weighted by molar-refractivity contribution is 5.79. The molecule has 1 aliphatic heterocycles. The van der Waals surface area contributed by atoms with Gasteiger partial charge in [0.25, 0.3) is 0 Å². The average molecular weight is 440 g/mol. The standard InChI is InChI=1S/C25H37N5O2/c1-4-32-24-18-20(10-11-23(24)31-3)8-7-15-28-25(26-2)29-21-12-16-30(17-13-21)19-22-9-5-6-14-27-22/h5-6,9-11,14,18,21H,4,7-8,12-13,15-17,19H2,1-3H3,(H2,26,28,29). The molecule has 32 heavy (non-hydrogen) atoms. The summed E-state index contributed by atoms with van der Waals surface area (Å²) in [7, 11) is 3.51. The quantitative estimate of drug-likeness (QED) is 0.336. The number of pyridine rings is 1. The van der Waals surface area contributed by atoms with Gasteiger partial charge in [-0.05, 0) is 62.4 Å². The highest BCUT2D eigenvalue weighted by Gasteiger charge is 2.20. The predicted molar refractivity (Wildman–Crippen MR) is 130 cm³/mol. The van der Waals surface area contributed by atoms with E-state index in [0.717, 1.165) is 75.0 Å². The van der Waals surface area contributed by atoms with Crippen LogP contribution in [0.25, 0.3) is 0 Å². The molecule has 1 aromatic carbocycles. The third kappa shape index (κ3) is 7.41. The Kier molecular flexibility index (Phi) is 9.62. The molecule has 0 saturated carbocycles. The van der Waals surface area contributed by atoms with Gasteiger partial charge in [0, 0.05) is 45.5 Å². The van der Waals surface area contributed by atoms with Crippen molar-refractivity contribution in [1.29, 1.82) is 0 Å². The molecule has 0 amide bonds. The number of nitrogens with zero attached hydrogens (tertiary/aromatic N) is 3. The van der Waals surface area contributed by atoms with Gasteiger partial charge >= 0.3 is 0 Å². The lowest BCUT2D eigenvalue weighted by atomic mass is 10.0. The summed E-state index contributed by atoms with van der Waals surface area (Å²) in [5.41, 5.74) is 2.39. The Morgan fingerprint density at radius 1 is 1.19 bits per heavy atom. The Morgan fingerprint density at radius 2 is 2.03 bits per heavy atom. The van der Waals surface area contributed by atoms with Crippen LogP contribution >= 0.6 is 0 Å². The molecule has 0 aliphatic carbocycles. The van der Waals surface area contributed by atoms with Crippen molar-refractivity contribution in [3.8, 4) is 11.5 Å². The fraction of sp³-hybridized carbons (Fsp3) is 0.520. The summed E-state index contributed by atoms with van der Waals surface area (Å²) in [6, 6.07) is 12.7. The van der Waals surface area contributed by atoms with Gasteiger partial charge in [-0.2, -0.15) is 0 Å². The van der Waals surface area contributed by atoms with Gasteiger partial charge in [0.05, 0.1) is 19.4 Å². The average Bonchev–Trinajstić information content (AvgIpc) is 2.83. The summed E-state index contributed by atoms with van der Waals surface area (Å²) < 4.78 is 11.0. The first-order chi connectivity index (χ1) is 15.7. The Bertz CT molecular complexity index is 835. The molecule has 2 aromatic rings. The van der Waals surface area contributed by atoms with E-state index in [1.165, 1.54) is 5.56 Å². The van der Waals surface area contributed by atoms with Gasteiger partial charge in [-0.25, -0.2) is 0 Å². The van der Waals surface area contributed by atoms with Crippen LogP contribution in [0.3, 0.4) is 0 Å². The third-order valence-corrected chi connectivity index (χ3v) is 5.73. The van der Waals surface area contributed by atoms with Gasteiger partial charge in [-0.3, -0.25) is 14.9 Å². The molecule has 174 valence electrons. The molecule has 0 atom stereocenters. The second-order valence-corrected chi connectivity index (χ2v) is 8.04. The van der Waals surface area contributed by atoms with Crippen molar-refractivity contribution in [2.75, 3.05) is 40.4 Å². The van der Waals surface area contributed by atoms with E-state index in [-0.39, 0.29) is 0 Å². The summed E-state index contributed by atoms with van der Waals surface area (Å²) in [5.74, 6) is 2.48. The zero-order valence-electron chi connectivity index (χ0n) is 19.6. The highest BCUT2D eigenvalue weighted by atomic mass is 16.5. The van der Waals surface area contributed by atoms with Crippen LogP contribution in [0.5, 0.6) is 11.5 Å². The van der Waals surface area contributed by atoms with Crippen LogP contribution < -0.4 is 20.1 Å². The lowest BCUT2D eigenvalue weighted by Crippen LogP contribution is -2.48. The zero-order chi connectivity index (χ0) is 22.6. The van der Waals surface area contributed by atoms with E-state index in [2.05, 4.69) is 49.8 Å². The van der Waals surface area contributed by atoms with Crippen LogP contribution in [-0.4, -0.2) is 62.3 Å². The number of aryl methyl sites for hydroxylation is 1. The summed E-state index contributed by atoms with van der Waals surface area (Å²) in [5, 5.41) is 7.05. The molecular formula is C25H37N5O2. The Labute approximate surface area is 192 Å². The first-order valence-corrected chi connectivity index (χ1v) is 11.6. The first kappa shape index (κ1) is 23.9. The van der Waals surface area contributed by atoms with E-state index >= 15 is 0 Å². The molecule has 0 unspecified atom stereocenters. The summed E-state index contributed by atoms with van der Waals surface area (Å²) >= 11 is 0. The van der Waals surface area contributed by atoms with Crippen molar-refractivity contribution < 1.29 is 9.47 Å². The van der Waals surface area contributed by atoms with Gasteiger partial charge in [0.15, 0.2) is 17.5 Å². The number of nitrogens with one attached hydrogen (secondary N) is 2. The molecule has 2 N–H and O–H groups in total. The van der Waals surface area contributed by atoms with Gasteiger partial charge in [-0.15, -0.1) is 0 Å². The maximum Gasteiger partial charge on any atom is 0.191 e. The van der Waals surface area contributed by atoms with E-state index in [0.29, 0.717) is 12.6 Å². The third-order valence-electron chi connectivity index (χ3n) is 5.73. The van der Waals surface area contributed by atoms with Crippen LogP contribution in [0.4, 0.5) is 0 Å². The molecule has 7 heteroatoms. The lowest BCUT2D eigenvalue weighted by Gasteiger charge is -2.32. The van der Waals surface area contributed by atoms with Gasteiger partial charge in [-0.1, -0.05) is 12.1 Å². The first-order valence-electron chi connectivity index (χ1n) is 11.6. The minimum Gasteiger partial charge on any atom is -0.493 e. The maximum absolute atomic E-state index is 5.68. The number of rotatable bonds is 10. The normalized spacial score (nSPS) is 15.4. The smallest absolute Gasteiger partial charge is 0.191 e. The van der Waals surface area contributed by atoms with Gasteiger partial charge in [0.2, 0.25) is 0 Å². The van der Waals surface area contributed by atoms with Crippen molar-refractivity contribution in [3.63, 3.8) is 0 Å². The SMILES string of the molecule is CCOc1cc(CCCNC(=NC)NC2CCN(Cc3ccccn3)CC2)ccc1OC. The number of guanidine groups is 1. The lowest BCUT2D eigenvalue weighted by molar-refractivity contribution is 0.196. The Morgan fingerprint density at radius 3 is 2.72 bits per heavy atom. The van der Waals surface area contributed by atoms with Crippen molar-refractivity contribution in [3.05, 3.63) is 53.9 Å². The maximum atomic E-state index is 5.68. The van der Waals surface area contributed by atoms with Crippen molar-refractivity contribution >= 4 is 5.96 Å². The molecule has 2 heterocycles. The van der Waals surface area contributed by atoms with E-state index in [4.69, 9.17) is 9.47 Å². The molecule has 1 saturated heterocycles. The van der Waals surface area contributed by atoms with Crippen LogP contribution in [0, 0.1) is 0 Å². The summed E-state index contributed by atoms with van der Waals surface area (Å²) in [6.45, 7) is 6.56. The van der Waals surface area contributed by atoms with Crippen molar-refractivity contribution in [1.82, 2.24) is 20.5 Å². The van der Waals surface area contributed by atoms with Crippen LogP contribution in [-0.2, 0) is 13.0 Å². The largest absolute Gasteiger partial charge is 0.493 e. The zero-order valence-corrected chi connectivity index (χ0v) is 19.6. The molecule has 1 aromatic heterocycles. The van der Waals surface area contributed by atoms with E-state index in [1.807, 2.05) is 32.3 Å². The summed E-state index contributed by atoms with van der Waals surface area (Å²) in [4.78, 5) is 11.3. The van der Waals surface area contributed by atoms with E-state index in [1.54, 1.807) is 7.11 Å². The minimum atomic E-state index is 0.455. The molecule has 3 rings (SSSR count). The number of benzene rings is 1. The molecule has 0 radical (unpaired) electrons. The molecule has 0 spiro atoms. The van der Waals surface area contributed by atoms with Crippen LogP contribution in [0.1, 0.15) is 37.4 Å². The number of aromatic nitrogens is 1. The topological polar surface area (TPSA) is 71.0 Å². The van der Waals surface area contributed by atoms with E-state index in [9.17, 15) is 0 Å². The predicted octanol–water partition coefficient (Wildman–Crippen LogP) is 3.25. The number of hydrogen-bond donors (Lipinski definition) is 2. The van der Waals surface area contributed by atoms with Gasteiger partial charge < -0.3 is 20.1 Å². The van der Waals surface area contributed by atoms with Crippen molar-refractivity contribution in [2.24, 2.45) is 4.99 Å². The molecule has 1 fully saturated rings. The second-order valence-electron chi connectivity index (χ2n) is 8.04. The van der Waals surface area contributed by atoms with Crippen LogP contribution in [0.2, 0.25) is 0 Å². The number of ether oxygens (including phenoxy) is 2. The fourth-order valence-electron chi connectivity index (χ4n) is 3.99. The van der Waals surface area contributed by atoms with E-state index < -0.39 is 0 Å². The number of aliphatic imine (C=N–C) groups is 1. The summed E-state index contributed by atoms with van der Waals surface area (Å²) in [6.07, 6.45) is 6.08. The van der Waals surface area contributed by atoms with Gasteiger partial charge in [0.1, 0.15) is 0 Å². The fourth-order valence-corrected chi connectivity index (χ4v) is 3.99.